The molecule has 9 heteroatoms. The van der Waals surface area contributed by atoms with E-state index in [-0.39, 0.29) is 18.3 Å². The second-order valence-electron chi connectivity index (χ2n) is 8.08. The molecule has 2 atom stereocenters. The minimum Gasteiger partial charge on any atom is -0.376 e. The van der Waals surface area contributed by atoms with Gasteiger partial charge in [-0.3, -0.25) is 9.59 Å². The van der Waals surface area contributed by atoms with Crippen LogP contribution in [-0.4, -0.2) is 39.5 Å². The molecule has 1 aromatic heterocycles. The summed E-state index contributed by atoms with van der Waals surface area (Å²) in [6, 6.07) is 12.5. The Morgan fingerprint density at radius 2 is 2.00 bits per heavy atom. The Morgan fingerprint density at radius 3 is 2.67 bits per heavy atom. The van der Waals surface area contributed by atoms with Gasteiger partial charge in [0.15, 0.2) is 0 Å². The third kappa shape index (κ3) is 4.63. The second kappa shape index (κ2) is 9.50. The van der Waals surface area contributed by atoms with E-state index in [1.807, 2.05) is 6.07 Å². The number of carbonyl (C=O) groups excluding carboxylic acids is 1. The Labute approximate surface area is 189 Å². The summed E-state index contributed by atoms with van der Waals surface area (Å²) in [5, 5.41) is 6.72. The number of nitrogens with one attached hydrogen (secondary N) is 1. The fraction of sp³-hybridized carbons (Fsp3) is 0.333. The van der Waals surface area contributed by atoms with Crippen LogP contribution in [0, 0.1) is 12.7 Å². The second-order valence-corrected chi connectivity index (χ2v) is 8.08. The van der Waals surface area contributed by atoms with Crippen LogP contribution < -0.4 is 16.6 Å². The Kier molecular flexibility index (Phi) is 6.50. The number of aryl methyl sites for hydroxylation is 1. The summed E-state index contributed by atoms with van der Waals surface area (Å²) >= 11 is 0. The molecule has 2 heterocycles. The van der Waals surface area contributed by atoms with Gasteiger partial charge < -0.3 is 10.1 Å². The molecule has 0 radical (unpaired) electrons. The molecule has 1 aliphatic rings. The lowest BCUT2D eigenvalue weighted by molar-refractivity contribution is 0.0849. The largest absolute Gasteiger partial charge is 0.376 e. The lowest BCUT2D eigenvalue weighted by Crippen LogP contribution is -2.47. The molecular formula is C24H25FN4O4. The van der Waals surface area contributed by atoms with Gasteiger partial charge in [0.2, 0.25) is 5.69 Å². The number of ether oxygens (including phenoxy) is 1. The summed E-state index contributed by atoms with van der Waals surface area (Å²) in [7, 11) is 0. The van der Waals surface area contributed by atoms with Gasteiger partial charge >= 0.3 is 5.69 Å². The van der Waals surface area contributed by atoms with E-state index in [0.29, 0.717) is 17.7 Å². The highest BCUT2D eigenvalue weighted by Gasteiger charge is 2.25. The lowest BCUT2D eigenvalue weighted by Gasteiger charge is -2.18. The molecule has 4 rings (SSSR count). The van der Waals surface area contributed by atoms with Crippen LogP contribution in [0.15, 0.2) is 58.1 Å². The van der Waals surface area contributed by atoms with Gasteiger partial charge in [0, 0.05) is 19.2 Å². The number of rotatable bonds is 6. The number of nitrogens with zero attached hydrogens (tertiary/aromatic N) is 3. The van der Waals surface area contributed by atoms with Crippen molar-refractivity contribution in [2.24, 2.45) is 0 Å². The molecule has 172 valence electrons. The van der Waals surface area contributed by atoms with Crippen molar-refractivity contribution in [2.75, 3.05) is 13.2 Å². The molecule has 0 unspecified atom stereocenters. The molecule has 0 bridgehead atoms. The van der Waals surface area contributed by atoms with E-state index >= 15 is 0 Å². The molecule has 1 aliphatic heterocycles. The fourth-order valence-corrected chi connectivity index (χ4v) is 3.83. The normalized spacial score (nSPS) is 16.5. The van der Waals surface area contributed by atoms with Crippen molar-refractivity contribution in [3.05, 3.63) is 92.0 Å². The Bertz CT molecular complexity index is 1280. The Hall–Kier alpha value is -3.59. The maximum absolute atomic E-state index is 14.2. The minimum absolute atomic E-state index is 0.116. The van der Waals surface area contributed by atoms with E-state index in [1.54, 1.807) is 38.1 Å². The van der Waals surface area contributed by atoms with Gasteiger partial charge in [-0.25, -0.2) is 13.8 Å². The van der Waals surface area contributed by atoms with Gasteiger partial charge in [-0.15, -0.1) is 0 Å². The summed E-state index contributed by atoms with van der Waals surface area (Å²) < 4.78 is 21.6. The van der Waals surface area contributed by atoms with E-state index in [1.165, 1.54) is 12.1 Å². The first-order valence-electron chi connectivity index (χ1n) is 10.8. The van der Waals surface area contributed by atoms with Crippen molar-refractivity contribution in [3.8, 4) is 5.69 Å². The summed E-state index contributed by atoms with van der Waals surface area (Å²) in [6.45, 7) is 4.14. The zero-order chi connectivity index (χ0) is 23.5. The van der Waals surface area contributed by atoms with Crippen molar-refractivity contribution >= 4 is 5.91 Å². The number of benzene rings is 2. The molecular weight excluding hydrogens is 427 g/mol. The number of amides is 1. The first-order valence-corrected chi connectivity index (χ1v) is 10.8. The smallest absolute Gasteiger partial charge is 0.352 e. The van der Waals surface area contributed by atoms with Crippen LogP contribution in [0.5, 0.6) is 0 Å². The van der Waals surface area contributed by atoms with Gasteiger partial charge in [-0.1, -0.05) is 36.4 Å². The molecule has 1 N–H and O–H groups in total. The highest BCUT2D eigenvalue weighted by Crippen LogP contribution is 2.16. The zero-order valence-electron chi connectivity index (χ0n) is 18.5. The lowest BCUT2D eigenvalue weighted by atomic mass is 10.1. The van der Waals surface area contributed by atoms with Crippen LogP contribution in [0.4, 0.5) is 4.39 Å². The van der Waals surface area contributed by atoms with Crippen LogP contribution in [0.1, 0.15) is 47.4 Å². The molecule has 1 saturated heterocycles. The van der Waals surface area contributed by atoms with Crippen LogP contribution in [0.25, 0.3) is 5.69 Å². The average molecular weight is 452 g/mol. The van der Waals surface area contributed by atoms with Gasteiger partial charge in [0.25, 0.3) is 11.5 Å². The maximum Gasteiger partial charge on any atom is 0.352 e. The SMILES string of the molecule is Cc1ccc(-n2nc(C(=O)NC[C@H]3CCCO3)c(=O)n([C@H](C)c3ccccc3)c2=O)cc1F. The van der Waals surface area contributed by atoms with Crippen molar-refractivity contribution in [3.63, 3.8) is 0 Å². The fourth-order valence-electron chi connectivity index (χ4n) is 3.83. The van der Waals surface area contributed by atoms with Crippen LogP contribution in [-0.2, 0) is 4.74 Å². The van der Waals surface area contributed by atoms with Crippen molar-refractivity contribution in [2.45, 2.75) is 38.8 Å². The predicted octanol–water partition coefficient (Wildman–Crippen LogP) is 2.36. The molecule has 1 amide bonds. The van der Waals surface area contributed by atoms with Crippen molar-refractivity contribution in [1.82, 2.24) is 19.7 Å². The van der Waals surface area contributed by atoms with Crippen molar-refractivity contribution in [1.29, 1.82) is 0 Å². The van der Waals surface area contributed by atoms with Gasteiger partial charge in [-0.05, 0) is 43.9 Å². The monoisotopic (exact) mass is 452 g/mol. The summed E-state index contributed by atoms with van der Waals surface area (Å²) in [5.74, 6) is -1.25. The highest BCUT2D eigenvalue weighted by molar-refractivity contribution is 5.91. The first-order chi connectivity index (χ1) is 15.9. The minimum atomic E-state index is -0.815. The molecule has 0 spiro atoms. The zero-order valence-corrected chi connectivity index (χ0v) is 18.5. The molecule has 3 aromatic rings. The predicted molar refractivity (Wildman–Crippen MR) is 120 cm³/mol. The van der Waals surface area contributed by atoms with E-state index in [0.717, 1.165) is 28.2 Å². The molecule has 0 saturated carbocycles. The molecule has 33 heavy (non-hydrogen) atoms. The number of carbonyl (C=O) groups is 1. The molecule has 1 fully saturated rings. The van der Waals surface area contributed by atoms with E-state index in [4.69, 9.17) is 4.74 Å². The number of hydrogen-bond acceptors (Lipinski definition) is 5. The highest BCUT2D eigenvalue weighted by atomic mass is 19.1. The Morgan fingerprint density at radius 1 is 1.24 bits per heavy atom. The topological polar surface area (TPSA) is 95.2 Å². The van der Waals surface area contributed by atoms with E-state index < -0.39 is 34.7 Å². The van der Waals surface area contributed by atoms with Crippen LogP contribution >= 0.6 is 0 Å². The third-order valence-corrected chi connectivity index (χ3v) is 5.81. The standard InChI is InChI=1S/C24H25FN4O4/c1-15-10-11-18(13-20(15)25)29-24(32)28(16(2)17-7-4-3-5-8-17)23(31)21(27-29)22(30)26-14-19-9-6-12-33-19/h3-5,7-8,10-11,13,16,19H,6,9,12,14H2,1-2H3,(H,26,30)/t16-,19-/m1/s1. The first kappa shape index (κ1) is 22.6. The molecule has 2 aromatic carbocycles. The number of hydrogen-bond donors (Lipinski definition) is 1. The van der Waals surface area contributed by atoms with Gasteiger partial charge in [-0.2, -0.15) is 9.78 Å². The summed E-state index contributed by atoms with van der Waals surface area (Å²) in [5.41, 5.74) is -0.815. The molecule has 0 aliphatic carbocycles. The maximum atomic E-state index is 14.2. The summed E-state index contributed by atoms with van der Waals surface area (Å²) in [4.78, 5) is 39.5. The molecule has 8 nitrogen and oxygen atoms in total. The van der Waals surface area contributed by atoms with E-state index in [2.05, 4.69) is 10.4 Å². The third-order valence-electron chi connectivity index (χ3n) is 5.81. The summed E-state index contributed by atoms with van der Waals surface area (Å²) in [6.07, 6.45) is 1.59. The van der Waals surface area contributed by atoms with E-state index in [9.17, 15) is 18.8 Å². The Balaban J connectivity index is 1.83. The average Bonchev–Trinajstić information content (AvgIpc) is 3.34. The number of halogens is 1. The number of aromatic nitrogens is 3. The van der Waals surface area contributed by atoms with Crippen LogP contribution in [0.2, 0.25) is 0 Å². The quantitative estimate of drug-likeness (QED) is 0.620. The van der Waals surface area contributed by atoms with Crippen molar-refractivity contribution < 1.29 is 13.9 Å². The van der Waals surface area contributed by atoms with Gasteiger partial charge in [0.05, 0.1) is 17.8 Å². The van der Waals surface area contributed by atoms with Gasteiger partial charge in [0.1, 0.15) is 5.82 Å². The van der Waals surface area contributed by atoms with Crippen LogP contribution in [0.3, 0.4) is 0 Å².